The van der Waals surface area contributed by atoms with Gasteiger partial charge in [0, 0.05) is 55.2 Å². The van der Waals surface area contributed by atoms with Gasteiger partial charge in [0.25, 0.3) is 0 Å². The number of aromatic nitrogens is 1. The van der Waals surface area contributed by atoms with Crippen molar-refractivity contribution in [2.45, 2.75) is 99.4 Å². The van der Waals surface area contributed by atoms with Gasteiger partial charge >= 0.3 is 5.97 Å². The Bertz CT molecular complexity index is 1560. The minimum absolute atomic E-state index is 0.254. The van der Waals surface area contributed by atoms with Crippen LogP contribution in [0.5, 0.6) is 5.75 Å². The molecule has 5 rings (SSSR count). The van der Waals surface area contributed by atoms with E-state index in [1.165, 1.54) is 16.7 Å². The molecule has 2 aliphatic rings. The van der Waals surface area contributed by atoms with Gasteiger partial charge in [-0.1, -0.05) is 44.2 Å². The number of methoxy groups -OCH3 is 1. The van der Waals surface area contributed by atoms with Crippen LogP contribution in [0.15, 0.2) is 36.4 Å². The van der Waals surface area contributed by atoms with E-state index in [2.05, 4.69) is 73.9 Å². The van der Waals surface area contributed by atoms with Crippen LogP contribution >= 0.6 is 0 Å². The van der Waals surface area contributed by atoms with Gasteiger partial charge in [0.2, 0.25) is 0 Å². The molecule has 0 bridgehead atoms. The van der Waals surface area contributed by atoms with Crippen LogP contribution in [0.3, 0.4) is 0 Å². The summed E-state index contributed by atoms with van der Waals surface area (Å²) in [5, 5.41) is 10.5. The van der Waals surface area contributed by atoms with E-state index in [0.717, 1.165) is 91.5 Å². The minimum Gasteiger partial charge on any atom is -0.496 e. The number of hydrogen-bond acceptors (Lipinski definition) is 6. The van der Waals surface area contributed by atoms with E-state index in [1.54, 1.807) is 7.11 Å². The van der Waals surface area contributed by atoms with E-state index in [-0.39, 0.29) is 5.41 Å². The molecular weight excluding hydrogens is 562 g/mol. The summed E-state index contributed by atoms with van der Waals surface area (Å²) in [7, 11) is 1.72. The second-order valence-electron chi connectivity index (χ2n) is 14.8. The standard InChI is InChI=1S/C38H51N3O4/c1-24-20-27(10-13-31(24)44-9)22-40-17-14-28-21-29(11-12-30(28)23-40)32-25(2)39-26(3)33(35(36(42)43)45-37(4,5)6)34(32)41-18-15-38(7,8)16-19-41/h10-13,20-21,35H,14-19,22-23H2,1-9H3,(H,42,43). The van der Waals surface area contributed by atoms with E-state index in [1.807, 2.05) is 27.7 Å². The molecule has 7 nitrogen and oxygen atoms in total. The van der Waals surface area contributed by atoms with Crippen molar-refractivity contribution >= 4 is 11.7 Å². The molecule has 1 fully saturated rings. The second kappa shape index (κ2) is 12.8. The highest BCUT2D eigenvalue weighted by atomic mass is 16.5. The predicted octanol–water partition coefficient (Wildman–Crippen LogP) is 7.81. The SMILES string of the molecule is COc1ccc(CN2CCc3cc(-c4c(C)nc(C)c(C(OC(C)(C)C)C(=O)O)c4N4CCC(C)(C)CC4)ccc3C2)cc1C. The maximum atomic E-state index is 12.8. The number of fused-ring (bicyclic) bond motifs is 1. The number of benzene rings is 2. The highest BCUT2D eigenvalue weighted by molar-refractivity contribution is 5.88. The summed E-state index contributed by atoms with van der Waals surface area (Å²) in [6.07, 6.45) is 1.92. The Balaban J connectivity index is 1.54. The molecule has 3 heterocycles. The van der Waals surface area contributed by atoms with E-state index in [9.17, 15) is 9.90 Å². The molecule has 0 spiro atoms. The Hall–Kier alpha value is -3.42. The van der Waals surface area contributed by atoms with Gasteiger partial charge < -0.3 is 19.5 Å². The van der Waals surface area contributed by atoms with Gasteiger partial charge in [0.15, 0.2) is 6.10 Å². The van der Waals surface area contributed by atoms with Gasteiger partial charge in [-0.05, 0) is 100 Å². The van der Waals surface area contributed by atoms with Crippen molar-refractivity contribution in [3.8, 4) is 16.9 Å². The van der Waals surface area contributed by atoms with E-state index < -0.39 is 17.7 Å². The Morgan fingerprint density at radius 3 is 2.33 bits per heavy atom. The molecule has 0 radical (unpaired) electrons. The monoisotopic (exact) mass is 613 g/mol. The zero-order chi connectivity index (χ0) is 32.7. The van der Waals surface area contributed by atoms with Gasteiger partial charge in [0.05, 0.1) is 18.4 Å². The molecule has 0 saturated carbocycles. The van der Waals surface area contributed by atoms with Gasteiger partial charge in [-0.25, -0.2) is 4.79 Å². The maximum absolute atomic E-state index is 12.8. The summed E-state index contributed by atoms with van der Waals surface area (Å²) >= 11 is 0. The molecular formula is C38H51N3O4. The lowest BCUT2D eigenvalue weighted by atomic mass is 9.81. The second-order valence-corrected chi connectivity index (χ2v) is 14.8. The van der Waals surface area contributed by atoms with Crippen LogP contribution in [-0.4, -0.2) is 53.3 Å². The van der Waals surface area contributed by atoms with Crippen molar-refractivity contribution in [2.24, 2.45) is 5.41 Å². The minimum atomic E-state index is -1.12. The molecule has 2 aliphatic heterocycles. The maximum Gasteiger partial charge on any atom is 0.337 e. The largest absolute Gasteiger partial charge is 0.496 e. The molecule has 45 heavy (non-hydrogen) atoms. The van der Waals surface area contributed by atoms with Crippen LogP contribution in [0.1, 0.15) is 92.8 Å². The average molecular weight is 614 g/mol. The van der Waals surface area contributed by atoms with Crippen molar-refractivity contribution in [2.75, 3.05) is 31.6 Å². The van der Waals surface area contributed by atoms with Gasteiger partial charge in [-0.2, -0.15) is 0 Å². The molecule has 2 aromatic carbocycles. The quantitative estimate of drug-likeness (QED) is 0.278. The highest BCUT2D eigenvalue weighted by Crippen LogP contribution is 2.45. The number of piperidine rings is 1. The lowest BCUT2D eigenvalue weighted by molar-refractivity contribution is -0.160. The summed E-state index contributed by atoms with van der Waals surface area (Å²) in [6, 6.07) is 13.2. The normalized spacial score (nSPS) is 17.6. The first-order valence-electron chi connectivity index (χ1n) is 16.3. The van der Waals surface area contributed by atoms with Crippen molar-refractivity contribution in [1.29, 1.82) is 0 Å². The third-order valence-corrected chi connectivity index (χ3v) is 9.42. The molecule has 0 amide bonds. The lowest BCUT2D eigenvalue weighted by Gasteiger charge is -2.41. The Morgan fingerprint density at radius 1 is 1.00 bits per heavy atom. The highest BCUT2D eigenvalue weighted by Gasteiger charge is 2.36. The lowest BCUT2D eigenvalue weighted by Crippen LogP contribution is -2.39. The number of rotatable bonds is 8. The van der Waals surface area contributed by atoms with Crippen LogP contribution in [0, 0.1) is 26.2 Å². The number of carbonyl (C=O) groups is 1. The van der Waals surface area contributed by atoms with Gasteiger partial charge in [0.1, 0.15) is 5.75 Å². The third kappa shape index (κ3) is 7.36. The number of ether oxygens (including phenoxy) is 2. The fourth-order valence-corrected chi connectivity index (χ4v) is 6.95. The Kier molecular flexibility index (Phi) is 9.35. The molecule has 242 valence electrons. The summed E-state index contributed by atoms with van der Waals surface area (Å²) in [5.41, 5.74) is 10.2. The van der Waals surface area contributed by atoms with Crippen molar-refractivity contribution in [3.05, 3.63) is 75.6 Å². The fourth-order valence-electron chi connectivity index (χ4n) is 6.95. The molecule has 1 aromatic heterocycles. The number of carboxylic acids is 1. The topological polar surface area (TPSA) is 75.1 Å². The smallest absolute Gasteiger partial charge is 0.337 e. The number of hydrogen-bond donors (Lipinski definition) is 1. The average Bonchev–Trinajstić information content (AvgIpc) is 2.95. The number of pyridine rings is 1. The van der Waals surface area contributed by atoms with Gasteiger partial charge in [-0.3, -0.25) is 9.88 Å². The van der Waals surface area contributed by atoms with Crippen LogP contribution in [0.4, 0.5) is 5.69 Å². The molecule has 7 heteroatoms. The third-order valence-electron chi connectivity index (χ3n) is 9.42. The summed E-state index contributed by atoms with van der Waals surface area (Å²) in [4.78, 5) is 22.7. The summed E-state index contributed by atoms with van der Waals surface area (Å²) in [6.45, 7) is 20.9. The number of nitrogens with zero attached hydrogens (tertiary/aromatic N) is 3. The molecule has 1 unspecified atom stereocenters. The Morgan fingerprint density at radius 2 is 1.71 bits per heavy atom. The first kappa shape index (κ1) is 33.0. The van der Waals surface area contributed by atoms with E-state index in [4.69, 9.17) is 14.5 Å². The first-order chi connectivity index (χ1) is 21.2. The summed E-state index contributed by atoms with van der Waals surface area (Å²) in [5.74, 6) is -0.0626. The summed E-state index contributed by atoms with van der Waals surface area (Å²) < 4.78 is 11.7. The number of aryl methyl sites for hydroxylation is 3. The molecule has 1 saturated heterocycles. The zero-order valence-electron chi connectivity index (χ0n) is 28.7. The molecule has 0 aliphatic carbocycles. The predicted molar refractivity (Wildman–Crippen MR) is 181 cm³/mol. The van der Waals surface area contributed by atoms with Crippen molar-refractivity contribution in [3.63, 3.8) is 0 Å². The Labute approximate surface area is 269 Å². The van der Waals surface area contributed by atoms with Crippen LogP contribution in [0.25, 0.3) is 11.1 Å². The van der Waals surface area contributed by atoms with Crippen molar-refractivity contribution in [1.82, 2.24) is 9.88 Å². The number of anilines is 1. The molecule has 3 aromatic rings. The van der Waals surface area contributed by atoms with Crippen molar-refractivity contribution < 1.29 is 19.4 Å². The molecule has 1 N–H and O–H groups in total. The van der Waals surface area contributed by atoms with Crippen LogP contribution < -0.4 is 9.64 Å². The number of aliphatic carboxylic acids is 1. The van der Waals surface area contributed by atoms with Gasteiger partial charge in [-0.15, -0.1) is 0 Å². The first-order valence-corrected chi connectivity index (χ1v) is 16.3. The molecule has 1 atom stereocenters. The van der Waals surface area contributed by atoms with E-state index >= 15 is 0 Å². The fraction of sp³-hybridized carbons (Fsp3) is 0.526. The van der Waals surface area contributed by atoms with Crippen LogP contribution in [0.2, 0.25) is 0 Å². The number of carboxylic acid groups (broad SMARTS) is 1. The van der Waals surface area contributed by atoms with Crippen LogP contribution in [-0.2, 0) is 29.0 Å². The van der Waals surface area contributed by atoms with E-state index in [0.29, 0.717) is 5.56 Å². The zero-order valence-corrected chi connectivity index (χ0v) is 28.7.